The van der Waals surface area contributed by atoms with E-state index in [0.717, 1.165) is 32.1 Å². The highest BCUT2D eigenvalue weighted by Crippen LogP contribution is 2.19. The number of ether oxygens (including phenoxy) is 1. The lowest BCUT2D eigenvalue weighted by atomic mass is 9.94. The monoisotopic (exact) mass is 283 g/mol. The Hall–Kier alpha value is -1.14. The first kappa shape index (κ1) is 15.3. The van der Waals surface area contributed by atoms with Gasteiger partial charge in [-0.3, -0.25) is 9.59 Å². The minimum absolute atomic E-state index is 0.0380. The summed E-state index contributed by atoms with van der Waals surface area (Å²) >= 11 is 0. The first-order valence-electron chi connectivity index (χ1n) is 7.59. The molecule has 6 nitrogen and oxygen atoms in total. The number of rotatable bonds is 6. The van der Waals surface area contributed by atoms with Gasteiger partial charge in [0.2, 0.25) is 11.8 Å². The van der Waals surface area contributed by atoms with Crippen molar-refractivity contribution in [3.8, 4) is 0 Å². The molecule has 1 aliphatic carbocycles. The Morgan fingerprint density at radius 1 is 1.30 bits per heavy atom. The minimum atomic E-state index is -0.344. The number of hydrogen-bond acceptors (Lipinski definition) is 4. The molecule has 1 heterocycles. The second-order valence-corrected chi connectivity index (χ2v) is 5.71. The van der Waals surface area contributed by atoms with Crippen molar-refractivity contribution in [1.29, 1.82) is 0 Å². The van der Waals surface area contributed by atoms with Gasteiger partial charge in [0, 0.05) is 25.6 Å². The SMILES string of the molecule is NC1CCC(OCCCNC(=O)[C@@H]2CCC(=O)N2)CC1. The van der Waals surface area contributed by atoms with E-state index < -0.39 is 0 Å². The van der Waals surface area contributed by atoms with Crippen LogP contribution < -0.4 is 16.4 Å². The topological polar surface area (TPSA) is 93.4 Å². The number of carbonyl (C=O) groups excluding carboxylic acids is 2. The molecule has 0 unspecified atom stereocenters. The summed E-state index contributed by atoms with van der Waals surface area (Å²) in [4.78, 5) is 22.7. The van der Waals surface area contributed by atoms with Crippen molar-refractivity contribution in [1.82, 2.24) is 10.6 Å². The molecule has 2 rings (SSSR count). The lowest BCUT2D eigenvalue weighted by Crippen LogP contribution is -2.42. The van der Waals surface area contributed by atoms with Gasteiger partial charge in [0.25, 0.3) is 0 Å². The molecular weight excluding hydrogens is 258 g/mol. The van der Waals surface area contributed by atoms with Gasteiger partial charge in [-0.1, -0.05) is 0 Å². The summed E-state index contributed by atoms with van der Waals surface area (Å²) in [7, 11) is 0. The normalized spacial score (nSPS) is 30.1. The third-order valence-corrected chi connectivity index (χ3v) is 4.00. The maximum atomic E-state index is 11.7. The maximum Gasteiger partial charge on any atom is 0.242 e. The maximum absolute atomic E-state index is 11.7. The van der Waals surface area contributed by atoms with Gasteiger partial charge in [0.15, 0.2) is 0 Å². The molecule has 1 aliphatic heterocycles. The summed E-state index contributed by atoms with van der Waals surface area (Å²) in [6.07, 6.45) is 6.36. The van der Waals surface area contributed by atoms with E-state index in [0.29, 0.717) is 38.1 Å². The Morgan fingerprint density at radius 3 is 2.70 bits per heavy atom. The van der Waals surface area contributed by atoms with Crippen LogP contribution in [-0.2, 0) is 14.3 Å². The van der Waals surface area contributed by atoms with Crippen LogP contribution in [0.4, 0.5) is 0 Å². The molecule has 0 radical (unpaired) electrons. The van der Waals surface area contributed by atoms with Gasteiger partial charge in [0.1, 0.15) is 6.04 Å². The molecule has 20 heavy (non-hydrogen) atoms. The smallest absolute Gasteiger partial charge is 0.242 e. The largest absolute Gasteiger partial charge is 0.378 e. The summed E-state index contributed by atoms with van der Waals surface area (Å²) in [5, 5.41) is 5.49. The first-order valence-corrected chi connectivity index (χ1v) is 7.59. The van der Waals surface area contributed by atoms with Gasteiger partial charge >= 0.3 is 0 Å². The van der Waals surface area contributed by atoms with Crippen LogP contribution in [0, 0.1) is 0 Å². The fourth-order valence-corrected chi connectivity index (χ4v) is 2.72. The molecule has 0 aromatic carbocycles. The number of nitrogens with two attached hydrogens (primary N) is 1. The Balaban J connectivity index is 1.49. The standard InChI is InChI=1S/C14H25N3O3/c15-10-2-4-11(5-3-10)20-9-1-8-16-14(19)12-6-7-13(18)17-12/h10-12H,1-9,15H2,(H,16,19)(H,17,18)/t10?,11?,12-/m0/s1. The van der Waals surface area contributed by atoms with Gasteiger partial charge in [-0.25, -0.2) is 0 Å². The second kappa shape index (κ2) is 7.59. The third-order valence-electron chi connectivity index (χ3n) is 4.00. The summed E-state index contributed by atoms with van der Waals surface area (Å²) < 4.78 is 5.78. The Bertz CT molecular complexity index is 341. The van der Waals surface area contributed by atoms with Crippen LogP contribution in [-0.4, -0.2) is 43.2 Å². The highest BCUT2D eigenvalue weighted by atomic mass is 16.5. The first-order chi connectivity index (χ1) is 9.65. The van der Waals surface area contributed by atoms with Crippen LogP contribution >= 0.6 is 0 Å². The van der Waals surface area contributed by atoms with Gasteiger partial charge in [-0.15, -0.1) is 0 Å². The quantitative estimate of drug-likeness (QED) is 0.601. The predicted octanol–water partition coefficient (Wildman–Crippen LogP) is 0.0578. The van der Waals surface area contributed by atoms with Crippen LogP contribution in [0.2, 0.25) is 0 Å². The molecule has 2 fully saturated rings. The summed E-state index contributed by atoms with van der Waals surface area (Å²) in [6, 6.07) is -0.000916. The summed E-state index contributed by atoms with van der Waals surface area (Å²) in [5.41, 5.74) is 5.84. The molecule has 0 bridgehead atoms. The Morgan fingerprint density at radius 2 is 2.05 bits per heavy atom. The van der Waals surface area contributed by atoms with Gasteiger partial charge in [-0.2, -0.15) is 0 Å². The second-order valence-electron chi connectivity index (χ2n) is 5.71. The minimum Gasteiger partial charge on any atom is -0.378 e. The Kier molecular flexibility index (Phi) is 5.79. The summed E-state index contributed by atoms with van der Waals surface area (Å²) in [6.45, 7) is 1.26. The van der Waals surface area contributed by atoms with E-state index >= 15 is 0 Å². The molecule has 0 aromatic heterocycles. The zero-order valence-electron chi connectivity index (χ0n) is 11.9. The average molecular weight is 283 g/mol. The molecule has 1 saturated heterocycles. The van der Waals surface area contributed by atoms with Crippen molar-refractivity contribution < 1.29 is 14.3 Å². The van der Waals surface area contributed by atoms with Crippen LogP contribution in [0.1, 0.15) is 44.9 Å². The fraction of sp³-hybridized carbons (Fsp3) is 0.857. The van der Waals surface area contributed by atoms with E-state index in [-0.39, 0.29) is 17.9 Å². The number of hydrogen-bond donors (Lipinski definition) is 3. The van der Waals surface area contributed by atoms with Crippen molar-refractivity contribution in [2.75, 3.05) is 13.2 Å². The van der Waals surface area contributed by atoms with Crippen molar-refractivity contribution in [3.05, 3.63) is 0 Å². The molecule has 1 saturated carbocycles. The van der Waals surface area contributed by atoms with Crippen LogP contribution in [0.25, 0.3) is 0 Å². The van der Waals surface area contributed by atoms with Crippen LogP contribution in [0.3, 0.4) is 0 Å². The molecule has 4 N–H and O–H groups in total. The summed E-state index contributed by atoms with van der Waals surface area (Å²) in [5.74, 6) is -0.122. The van der Waals surface area contributed by atoms with Gasteiger partial charge < -0.3 is 21.1 Å². The number of nitrogens with one attached hydrogen (secondary N) is 2. The molecule has 6 heteroatoms. The molecule has 0 spiro atoms. The van der Waals surface area contributed by atoms with Gasteiger partial charge in [-0.05, 0) is 38.5 Å². The van der Waals surface area contributed by atoms with Gasteiger partial charge in [0.05, 0.1) is 6.10 Å². The molecular formula is C14H25N3O3. The zero-order chi connectivity index (χ0) is 14.4. The van der Waals surface area contributed by atoms with Crippen molar-refractivity contribution in [2.24, 2.45) is 5.73 Å². The third kappa shape index (κ3) is 4.76. The van der Waals surface area contributed by atoms with Crippen molar-refractivity contribution in [2.45, 2.75) is 63.1 Å². The van der Waals surface area contributed by atoms with Crippen LogP contribution in [0.15, 0.2) is 0 Å². The van der Waals surface area contributed by atoms with Crippen LogP contribution in [0.5, 0.6) is 0 Å². The lowest BCUT2D eigenvalue weighted by Gasteiger charge is -2.26. The molecule has 1 atom stereocenters. The zero-order valence-corrected chi connectivity index (χ0v) is 11.9. The van der Waals surface area contributed by atoms with E-state index in [2.05, 4.69) is 10.6 Å². The fourth-order valence-electron chi connectivity index (χ4n) is 2.72. The van der Waals surface area contributed by atoms with E-state index in [1.54, 1.807) is 0 Å². The Labute approximate surface area is 119 Å². The van der Waals surface area contributed by atoms with E-state index in [1.807, 2.05) is 0 Å². The molecule has 0 aromatic rings. The van der Waals surface area contributed by atoms with Crippen molar-refractivity contribution >= 4 is 11.8 Å². The molecule has 2 amide bonds. The highest BCUT2D eigenvalue weighted by molar-refractivity contribution is 5.90. The highest BCUT2D eigenvalue weighted by Gasteiger charge is 2.26. The van der Waals surface area contributed by atoms with E-state index in [9.17, 15) is 9.59 Å². The lowest BCUT2D eigenvalue weighted by molar-refractivity contribution is -0.125. The molecule has 114 valence electrons. The number of amides is 2. The molecule has 2 aliphatic rings. The van der Waals surface area contributed by atoms with Crippen molar-refractivity contribution in [3.63, 3.8) is 0 Å². The predicted molar refractivity (Wildman–Crippen MR) is 75.0 cm³/mol. The van der Waals surface area contributed by atoms with E-state index in [1.165, 1.54) is 0 Å². The average Bonchev–Trinajstić information content (AvgIpc) is 2.87. The number of carbonyl (C=O) groups is 2. The van der Waals surface area contributed by atoms with E-state index in [4.69, 9.17) is 10.5 Å².